The van der Waals surface area contributed by atoms with E-state index in [2.05, 4.69) is 19.8 Å². The molecule has 3 rings (SSSR count). The van der Waals surface area contributed by atoms with Gasteiger partial charge in [-0.25, -0.2) is 17.5 Å². The molecule has 130 valence electrons. The van der Waals surface area contributed by atoms with Crippen molar-refractivity contribution in [1.29, 1.82) is 0 Å². The molecule has 0 fully saturated rings. The Kier molecular flexibility index (Phi) is 4.66. The molecule has 0 saturated carbocycles. The van der Waals surface area contributed by atoms with Crippen LogP contribution in [0.1, 0.15) is 5.89 Å². The molecule has 8 nitrogen and oxygen atoms in total. The Morgan fingerprint density at radius 1 is 1.32 bits per heavy atom. The van der Waals surface area contributed by atoms with Crippen LogP contribution in [-0.2, 0) is 16.6 Å². The summed E-state index contributed by atoms with van der Waals surface area (Å²) in [4.78, 5) is 17.9. The number of halogens is 2. The van der Waals surface area contributed by atoms with E-state index in [1.807, 2.05) is 0 Å². The summed E-state index contributed by atoms with van der Waals surface area (Å²) in [6.45, 7) is -0.310. The molecule has 2 N–H and O–H groups in total. The predicted octanol–water partition coefficient (Wildman–Crippen LogP) is 1.70. The maximum Gasteiger partial charge on any atom is 0.259 e. The van der Waals surface area contributed by atoms with Crippen molar-refractivity contribution in [3.05, 3.63) is 63.6 Å². The van der Waals surface area contributed by atoms with Crippen LogP contribution in [0.4, 0.5) is 4.39 Å². The lowest BCUT2D eigenvalue weighted by Crippen LogP contribution is -2.23. The van der Waals surface area contributed by atoms with Gasteiger partial charge in [0.1, 0.15) is 5.82 Å². The number of aromatic nitrogens is 3. The van der Waals surface area contributed by atoms with E-state index in [-0.39, 0.29) is 33.7 Å². The van der Waals surface area contributed by atoms with Gasteiger partial charge in [-0.05, 0) is 30.3 Å². The molecule has 2 heterocycles. The van der Waals surface area contributed by atoms with Crippen LogP contribution in [0.25, 0.3) is 11.4 Å². The summed E-state index contributed by atoms with van der Waals surface area (Å²) in [5.74, 6) is -0.744. The van der Waals surface area contributed by atoms with Crippen LogP contribution < -0.4 is 10.3 Å². The number of hydrogen-bond donors (Lipinski definition) is 2. The molecule has 11 heteroatoms. The van der Waals surface area contributed by atoms with E-state index in [0.717, 1.165) is 18.2 Å². The van der Waals surface area contributed by atoms with Gasteiger partial charge in [0.15, 0.2) is 0 Å². The average Bonchev–Trinajstić information content (AvgIpc) is 3.05. The molecule has 0 unspecified atom stereocenters. The average molecular weight is 385 g/mol. The quantitative estimate of drug-likeness (QED) is 0.691. The standard InChI is InChI=1S/C14H10ClFN4O4S/c15-10-6-8(3-4-11(10)16)25(22,23)18-7-12-19-13(20-24-12)9-2-1-5-17-14(9)21/h1-6,18H,7H2,(H,17,21). The Bertz CT molecular complexity index is 1080. The molecule has 0 aliphatic rings. The van der Waals surface area contributed by atoms with Crippen molar-refractivity contribution in [2.24, 2.45) is 0 Å². The molecule has 0 aliphatic carbocycles. The smallest absolute Gasteiger partial charge is 0.259 e. The molecule has 0 atom stereocenters. The number of pyridine rings is 1. The van der Waals surface area contributed by atoms with E-state index in [1.165, 1.54) is 12.3 Å². The van der Waals surface area contributed by atoms with Crippen molar-refractivity contribution in [1.82, 2.24) is 19.8 Å². The summed E-state index contributed by atoms with van der Waals surface area (Å²) in [7, 11) is -3.96. The minimum Gasteiger partial charge on any atom is -0.338 e. The number of benzene rings is 1. The highest BCUT2D eigenvalue weighted by Gasteiger charge is 2.18. The molecule has 0 aliphatic heterocycles. The van der Waals surface area contributed by atoms with Crippen LogP contribution in [0.15, 0.2) is 50.7 Å². The fourth-order valence-electron chi connectivity index (χ4n) is 1.92. The number of rotatable bonds is 5. The van der Waals surface area contributed by atoms with Crippen molar-refractivity contribution in [3.63, 3.8) is 0 Å². The van der Waals surface area contributed by atoms with E-state index in [1.54, 1.807) is 6.07 Å². The second-order valence-corrected chi connectivity index (χ2v) is 7.00. The number of nitrogens with one attached hydrogen (secondary N) is 2. The van der Waals surface area contributed by atoms with Crippen LogP contribution in [0.5, 0.6) is 0 Å². The summed E-state index contributed by atoms with van der Waals surface area (Å²) in [5.41, 5.74) is -0.220. The van der Waals surface area contributed by atoms with Crippen LogP contribution in [-0.4, -0.2) is 23.5 Å². The van der Waals surface area contributed by atoms with Crippen molar-refractivity contribution < 1.29 is 17.3 Å². The van der Waals surface area contributed by atoms with Crippen LogP contribution >= 0.6 is 11.6 Å². The third-order valence-electron chi connectivity index (χ3n) is 3.14. The highest BCUT2D eigenvalue weighted by molar-refractivity contribution is 7.89. The Hall–Kier alpha value is -2.56. The zero-order valence-electron chi connectivity index (χ0n) is 12.4. The normalized spacial score (nSPS) is 11.6. The third kappa shape index (κ3) is 3.76. The van der Waals surface area contributed by atoms with E-state index in [9.17, 15) is 17.6 Å². The van der Waals surface area contributed by atoms with Gasteiger partial charge in [-0.1, -0.05) is 16.8 Å². The third-order valence-corrected chi connectivity index (χ3v) is 4.83. The highest BCUT2D eigenvalue weighted by atomic mass is 35.5. The Balaban J connectivity index is 1.77. The lowest BCUT2D eigenvalue weighted by atomic mass is 10.3. The summed E-state index contributed by atoms with van der Waals surface area (Å²) < 4.78 is 44.6. The number of sulfonamides is 1. The van der Waals surface area contributed by atoms with Crippen LogP contribution in [0.3, 0.4) is 0 Å². The Morgan fingerprint density at radius 3 is 2.84 bits per heavy atom. The van der Waals surface area contributed by atoms with Gasteiger partial charge in [-0.15, -0.1) is 0 Å². The molecule has 2 aromatic heterocycles. The summed E-state index contributed by atoms with van der Waals surface area (Å²) in [5, 5.41) is 3.32. The summed E-state index contributed by atoms with van der Waals surface area (Å²) in [6.07, 6.45) is 1.45. The second kappa shape index (κ2) is 6.75. The zero-order valence-corrected chi connectivity index (χ0v) is 13.9. The van der Waals surface area contributed by atoms with Gasteiger partial charge in [0.05, 0.1) is 22.0 Å². The van der Waals surface area contributed by atoms with Gasteiger partial charge < -0.3 is 9.51 Å². The van der Waals surface area contributed by atoms with Gasteiger partial charge in [0, 0.05) is 6.20 Å². The first-order chi connectivity index (χ1) is 11.9. The number of hydrogen-bond acceptors (Lipinski definition) is 6. The first kappa shape index (κ1) is 17.3. The maximum absolute atomic E-state index is 13.1. The molecule has 0 spiro atoms. The van der Waals surface area contributed by atoms with Gasteiger partial charge in [-0.3, -0.25) is 4.79 Å². The van der Waals surface area contributed by atoms with Crippen LogP contribution in [0.2, 0.25) is 5.02 Å². The van der Waals surface area contributed by atoms with Crippen molar-refractivity contribution in [2.75, 3.05) is 0 Å². The predicted molar refractivity (Wildman–Crippen MR) is 85.8 cm³/mol. The first-order valence-electron chi connectivity index (χ1n) is 6.82. The van der Waals surface area contributed by atoms with Crippen LogP contribution in [0, 0.1) is 5.82 Å². The van der Waals surface area contributed by atoms with Gasteiger partial charge in [-0.2, -0.15) is 4.98 Å². The maximum atomic E-state index is 13.1. The van der Waals surface area contributed by atoms with Gasteiger partial charge >= 0.3 is 0 Å². The van der Waals surface area contributed by atoms with Gasteiger partial charge in [0.25, 0.3) is 5.56 Å². The SMILES string of the molecule is O=c1[nH]cccc1-c1noc(CNS(=O)(=O)c2ccc(F)c(Cl)c2)n1. The van der Waals surface area contributed by atoms with E-state index < -0.39 is 21.4 Å². The molecule has 0 amide bonds. The molecule has 0 radical (unpaired) electrons. The zero-order chi connectivity index (χ0) is 18.0. The van der Waals surface area contributed by atoms with E-state index in [0.29, 0.717) is 0 Å². The van der Waals surface area contributed by atoms with E-state index >= 15 is 0 Å². The first-order valence-corrected chi connectivity index (χ1v) is 8.68. The van der Waals surface area contributed by atoms with Crippen molar-refractivity contribution in [2.45, 2.75) is 11.4 Å². The fraction of sp³-hybridized carbons (Fsp3) is 0.0714. The van der Waals surface area contributed by atoms with E-state index in [4.69, 9.17) is 16.1 Å². The molecule has 0 bridgehead atoms. The minimum absolute atomic E-state index is 0.0286. The fourth-order valence-corrected chi connectivity index (χ4v) is 3.16. The Labute approximate surface area is 145 Å². The minimum atomic E-state index is -3.96. The number of nitrogens with zero attached hydrogens (tertiary/aromatic N) is 2. The lowest BCUT2D eigenvalue weighted by Gasteiger charge is -2.05. The number of H-pyrrole nitrogens is 1. The highest BCUT2D eigenvalue weighted by Crippen LogP contribution is 2.19. The largest absolute Gasteiger partial charge is 0.338 e. The lowest BCUT2D eigenvalue weighted by molar-refractivity contribution is 0.376. The molecule has 25 heavy (non-hydrogen) atoms. The molecule has 1 aromatic carbocycles. The molecular weight excluding hydrogens is 375 g/mol. The molecular formula is C14H10ClFN4O4S. The molecule has 0 saturated heterocycles. The van der Waals surface area contributed by atoms with Crippen molar-refractivity contribution in [3.8, 4) is 11.4 Å². The topological polar surface area (TPSA) is 118 Å². The monoisotopic (exact) mass is 384 g/mol. The summed E-state index contributed by atoms with van der Waals surface area (Å²) in [6, 6.07) is 6.10. The Morgan fingerprint density at radius 2 is 2.12 bits per heavy atom. The summed E-state index contributed by atoms with van der Waals surface area (Å²) >= 11 is 5.58. The number of aromatic amines is 1. The van der Waals surface area contributed by atoms with Gasteiger partial charge in [0.2, 0.25) is 21.7 Å². The molecule has 3 aromatic rings. The van der Waals surface area contributed by atoms with Crippen molar-refractivity contribution >= 4 is 21.6 Å². The second-order valence-electron chi connectivity index (χ2n) is 4.83.